The fourth-order valence-electron chi connectivity index (χ4n) is 7.88. The number of hydrogen-bond donors (Lipinski definition) is 1. The smallest absolute Gasteiger partial charge is 0.306 e. The van der Waals surface area contributed by atoms with E-state index in [-0.39, 0.29) is 31.3 Å². The van der Waals surface area contributed by atoms with Gasteiger partial charge in [0.2, 0.25) is 5.91 Å². The van der Waals surface area contributed by atoms with Crippen LogP contribution < -0.4 is 10.2 Å². The standard InChI is InChI=1S/C65H111N2O7P/c1-7-10-13-16-19-22-25-28-30-31-32-33-34-35-37-39-42-45-48-51-54-57-64(68)66-62(61-73-75(70,71)72-60-59-67(4,5)6)63(56-53-50-47-44-41-38-27-24-21-18-15-12-9-3)74-65(69)58-55-52-49-46-43-40-36-29-26-23-20-17-14-11-8-2/h10-11,13-14,17,19-20,22-23,26,28,30,32-33,35,37,42,45,53,56,62-63H,7-9,12,15-16,18,21,24-25,27,29,31,34,36,38-41,43-44,46-52,54-55,57-61H2,1-6H3,(H-,66,68,70,71)/b13-10-,14-11+,20-17+,22-19-,26-23+,30-28-,33-32-,37-35-,45-42-,56-53-. The van der Waals surface area contributed by atoms with Crippen LogP contribution in [0.1, 0.15) is 226 Å². The van der Waals surface area contributed by atoms with E-state index in [0.29, 0.717) is 23.9 Å². The first-order valence-corrected chi connectivity index (χ1v) is 31.3. The van der Waals surface area contributed by atoms with Gasteiger partial charge >= 0.3 is 5.97 Å². The predicted octanol–water partition coefficient (Wildman–Crippen LogP) is 17.7. The predicted molar refractivity (Wildman–Crippen MR) is 320 cm³/mol. The summed E-state index contributed by atoms with van der Waals surface area (Å²) in [6.07, 6.45) is 74.5. The van der Waals surface area contributed by atoms with Gasteiger partial charge in [0.05, 0.1) is 33.8 Å². The van der Waals surface area contributed by atoms with E-state index in [4.69, 9.17) is 13.8 Å². The molecule has 10 heteroatoms. The Morgan fingerprint density at radius 2 is 0.920 bits per heavy atom. The SMILES string of the molecule is CC/C=C\C/C=C\C/C=C\C/C=C\C/C=C\C/C=C\CCCCC(=O)NC(COP(=O)([O-])OCC[N+](C)(C)C)C(/C=C\CCCCCCCCCCCCC)OC(=O)CCCCCCCCC/C=C/C=C/C=C/CC. The van der Waals surface area contributed by atoms with Crippen molar-refractivity contribution in [2.45, 2.75) is 238 Å². The summed E-state index contributed by atoms with van der Waals surface area (Å²) in [4.78, 5) is 39.9. The zero-order valence-electron chi connectivity index (χ0n) is 48.7. The average Bonchev–Trinajstić information content (AvgIpc) is 3.37. The molecule has 9 nitrogen and oxygen atoms in total. The molecular weight excluding hydrogens is 952 g/mol. The summed E-state index contributed by atoms with van der Waals surface area (Å²) in [5.74, 6) is -0.615. The topological polar surface area (TPSA) is 114 Å². The number of unbranched alkanes of at least 4 members (excludes halogenated alkanes) is 20. The third-order valence-electron chi connectivity index (χ3n) is 12.4. The number of phosphoric acid groups is 1. The van der Waals surface area contributed by atoms with Gasteiger partial charge in [-0.1, -0.05) is 233 Å². The van der Waals surface area contributed by atoms with Gasteiger partial charge in [0.25, 0.3) is 7.82 Å². The van der Waals surface area contributed by atoms with Gasteiger partial charge in [0.15, 0.2) is 0 Å². The second-order valence-electron chi connectivity index (χ2n) is 20.8. The number of esters is 1. The molecule has 1 N–H and O–H groups in total. The molecule has 75 heavy (non-hydrogen) atoms. The first kappa shape index (κ1) is 71.4. The van der Waals surface area contributed by atoms with E-state index >= 15 is 0 Å². The van der Waals surface area contributed by atoms with Crippen LogP contribution in [0.4, 0.5) is 0 Å². The van der Waals surface area contributed by atoms with E-state index in [1.54, 1.807) is 0 Å². The second kappa shape index (κ2) is 53.8. The van der Waals surface area contributed by atoms with Crippen molar-refractivity contribution in [3.63, 3.8) is 0 Å². The number of amides is 1. The van der Waals surface area contributed by atoms with E-state index in [1.807, 2.05) is 33.3 Å². The van der Waals surface area contributed by atoms with Crippen LogP contribution >= 0.6 is 7.82 Å². The molecule has 0 fully saturated rings. The van der Waals surface area contributed by atoms with E-state index < -0.39 is 26.6 Å². The van der Waals surface area contributed by atoms with Crippen LogP contribution in [-0.4, -0.2) is 69.4 Å². The fraction of sp³-hybridized carbons (Fsp3) is 0.662. The molecule has 0 rings (SSSR count). The van der Waals surface area contributed by atoms with Crippen molar-refractivity contribution in [1.82, 2.24) is 5.32 Å². The van der Waals surface area contributed by atoms with E-state index in [2.05, 4.69) is 135 Å². The number of phosphoric ester groups is 1. The van der Waals surface area contributed by atoms with Gasteiger partial charge in [0.1, 0.15) is 19.3 Å². The van der Waals surface area contributed by atoms with Gasteiger partial charge in [-0.25, -0.2) is 0 Å². The molecular formula is C65H111N2O7P. The fourth-order valence-corrected chi connectivity index (χ4v) is 8.60. The van der Waals surface area contributed by atoms with Crippen molar-refractivity contribution in [1.29, 1.82) is 0 Å². The normalized spacial score (nSPS) is 14.6. The van der Waals surface area contributed by atoms with Crippen molar-refractivity contribution in [2.24, 2.45) is 0 Å². The zero-order valence-corrected chi connectivity index (χ0v) is 49.6. The Hall–Kier alpha value is -3.59. The molecule has 0 aromatic heterocycles. The van der Waals surface area contributed by atoms with Gasteiger partial charge in [-0.05, 0) is 102 Å². The summed E-state index contributed by atoms with van der Waals surface area (Å²) in [7, 11) is 1.13. The highest BCUT2D eigenvalue weighted by molar-refractivity contribution is 7.45. The Morgan fingerprint density at radius 1 is 0.493 bits per heavy atom. The molecule has 3 unspecified atom stereocenters. The second-order valence-corrected chi connectivity index (χ2v) is 22.2. The summed E-state index contributed by atoms with van der Waals surface area (Å²) in [6.45, 7) is 6.54. The third-order valence-corrected chi connectivity index (χ3v) is 13.4. The highest BCUT2D eigenvalue weighted by Gasteiger charge is 2.27. The van der Waals surface area contributed by atoms with Gasteiger partial charge in [-0.2, -0.15) is 0 Å². The number of rotatable bonds is 52. The number of quaternary nitrogens is 1. The molecule has 428 valence electrons. The molecule has 0 spiro atoms. The van der Waals surface area contributed by atoms with Crippen molar-refractivity contribution in [3.05, 3.63) is 122 Å². The van der Waals surface area contributed by atoms with E-state index in [9.17, 15) is 19.0 Å². The zero-order chi connectivity index (χ0) is 55.0. The van der Waals surface area contributed by atoms with E-state index in [1.165, 1.54) is 77.0 Å². The average molecular weight is 1060 g/mol. The Kier molecular flexibility index (Phi) is 51.2. The van der Waals surface area contributed by atoms with E-state index in [0.717, 1.165) is 103 Å². The minimum absolute atomic E-state index is 0.0398. The Bertz CT molecular complexity index is 1700. The lowest BCUT2D eigenvalue weighted by molar-refractivity contribution is -0.870. The summed E-state index contributed by atoms with van der Waals surface area (Å²) < 4.78 is 30.2. The maximum absolute atomic E-state index is 13.5. The lowest BCUT2D eigenvalue weighted by Crippen LogP contribution is -2.47. The number of allylic oxidation sites excluding steroid dienone is 19. The maximum atomic E-state index is 13.5. The minimum Gasteiger partial charge on any atom is -0.756 e. The van der Waals surface area contributed by atoms with Crippen molar-refractivity contribution in [3.8, 4) is 0 Å². The molecule has 0 aliphatic heterocycles. The monoisotopic (exact) mass is 1060 g/mol. The molecule has 0 aliphatic carbocycles. The molecule has 0 heterocycles. The summed E-state index contributed by atoms with van der Waals surface area (Å²) in [5, 5.41) is 2.99. The summed E-state index contributed by atoms with van der Waals surface area (Å²) in [6, 6.07) is -0.925. The van der Waals surface area contributed by atoms with Crippen LogP contribution in [-0.2, 0) is 27.9 Å². The van der Waals surface area contributed by atoms with Crippen molar-refractivity contribution in [2.75, 3.05) is 40.9 Å². The number of likely N-dealkylation sites (N-methyl/N-ethyl adjacent to an activating group) is 1. The molecule has 0 aromatic rings. The van der Waals surface area contributed by atoms with Crippen LogP contribution in [0.3, 0.4) is 0 Å². The molecule has 0 bridgehead atoms. The van der Waals surface area contributed by atoms with Crippen LogP contribution in [0.15, 0.2) is 122 Å². The Morgan fingerprint density at radius 3 is 1.44 bits per heavy atom. The lowest BCUT2D eigenvalue weighted by atomic mass is 10.0. The molecule has 3 atom stereocenters. The first-order chi connectivity index (χ1) is 36.4. The number of hydrogen-bond acceptors (Lipinski definition) is 7. The van der Waals surface area contributed by atoms with Crippen LogP contribution in [0.2, 0.25) is 0 Å². The summed E-state index contributed by atoms with van der Waals surface area (Å²) in [5.41, 5.74) is 0. The molecule has 0 saturated carbocycles. The van der Waals surface area contributed by atoms with Crippen LogP contribution in [0.25, 0.3) is 0 Å². The number of ether oxygens (including phenoxy) is 1. The Balaban J connectivity index is 5.43. The summed E-state index contributed by atoms with van der Waals surface area (Å²) >= 11 is 0. The van der Waals surface area contributed by atoms with Crippen LogP contribution in [0, 0.1) is 0 Å². The maximum Gasteiger partial charge on any atom is 0.306 e. The number of nitrogens with zero attached hydrogens (tertiary/aromatic N) is 1. The quantitative estimate of drug-likeness (QED) is 0.0161. The van der Waals surface area contributed by atoms with Gasteiger partial charge in [-0.3, -0.25) is 14.2 Å². The Labute approximate surface area is 461 Å². The molecule has 0 aliphatic rings. The third kappa shape index (κ3) is 55.0. The first-order valence-electron chi connectivity index (χ1n) is 29.9. The molecule has 0 aromatic carbocycles. The highest BCUT2D eigenvalue weighted by atomic mass is 31.2. The molecule has 1 amide bonds. The number of nitrogens with one attached hydrogen (secondary N) is 1. The van der Waals surface area contributed by atoms with Gasteiger partial charge in [0, 0.05) is 12.8 Å². The molecule has 0 radical (unpaired) electrons. The van der Waals surface area contributed by atoms with Gasteiger partial charge in [-0.15, -0.1) is 0 Å². The van der Waals surface area contributed by atoms with Gasteiger partial charge < -0.3 is 28.5 Å². The molecule has 0 saturated heterocycles. The minimum atomic E-state index is -4.72. The highest BCUT2D eigenvalue weighted by Crippen LogP contribution is 2.38. The lowest BCUT2D eigenvalue weighted by Gasteiger charge is -2.30. The van der Waals surface area contributed by atoms with Crippen LogP contribution in [0.5, 0.6) is 0 Å². The van der Waals surface area contributed by atoms with Crippen molar-refractivity contribution >= 4 is 19.7 Å². The van der Waals surface area contributed by atoms with Crippen molar-refractivity contribution < 1.29 is 37.3 Å². The largest absolute Gasteiger partial charge is 0.756 e. The number of carbonyl (C=O) groups excluding carboxylic acids is 2. The number of carbonyl (C=O) groups is 2.